The number of fused-ring (bicyclic) bond motifs is 1. The number of rotatable bonds is 5. The van der Waals surface area contributed by atoms with E-state index < -0.39 is 0 Å². The zero-order valence-corrected chi connectivity index (χ0v) is 17.3. The molecule has 1 N–H and O–H groups in total. The Kier molecular flexibility index (Phi) is 4.88. The van der Waals surface area contributed by atoms with E-state index in [1.807, 2.05) is 43.3 Å². The molecule has 0 aliphatic heterocycles. The largest absolute Gasteiger partial charge is 0.488 e. The molecule has 0 atom stereocenters. The summed E-state index contributed by atoms with van der Waals surface area (Å²) in [7, 11) is 0. The molecule has 5 rings (SSSR count). The first kappa shape index (κ1) is 18.9. The number of hydrogen-bond acceptors (Lipinski definition) is 5. The Labute approximate surface area is 179 Å². The Bertz CT molecular complexity index is 1340. The van der Waals surface area contributed by atoms with Crippen LogP contribution < -0.4 is 4.74 Å². The van der Waals surface area contributed by atoms with Crippen molar-refractivity contribution in [3.05, 3.63) is 89.6 Å². The summed E-state index contributed by atoms with van der Waals surface area (Å²) in [6.45, 7) is 4.56. The van der Waals surface area contributed by atoms with E-state index in [2.05, 4.69) is 68.9 Å². The predicted molar refractivity (Wildman–Crippen MR) is 121 cm³/mol. The lowest BCUT2D eigenvalue weighted by molar-refractivity contribution is 0.307. The summed E-state index contributed by atoms with van der Waals surface area (Å²) in [6, 6.07) is 24.5. The number of tetrazole rings is 1. The zero-order valence-electron chi connectivity index (χ0n) is 17.3. The van der Waals surface area contributed by atoms with Crippen LogP contribution in [0, 0.1) is 13.8 Å². The Hall–Kier alpha value is -4.06. The van der Waals surface area contributed by atoms with Crippen molar-refractivity contribution in [1.82, 2.24) is 25.6 Å². The molecular formula is C25H21N5O. The van der Waals surface area contributed by atoms with E-state index in [1.54, 1.807) is 0 Å². The molecule has 0 bridgehead atoms. The summed E-state index contributed by atoms with van der Waals surface area (Å²) >= 11 is 0. The van der Waals surface area contributed by atoms with Crippen molar-refractivity contribution in [3.8, 4) is 28.3 Å². The van der Waals surface area contributed by atoms with Gasteiger partial charge in [-0.25, -0.2) is 0 Å². The molecule has 0 saturated heterocycles. The molecule has 5 aromatic rings. The topological polar surface area (TPSA) is 76.6 Å². The van der Waals surface area contributed by atoms with E-state index in [9.17, 15) is 0 Å². The minimum Gasteiger partial charge on any atom is -0.488 e. The Morgan fingerprint density at radius 3 is 2.35 bits per heavy atom. The first-order valence-electron chi connectivity index (χ1n) is 10.1. The molecule has 0 fully saturated rings. The summed E-state index contributed by atoms with van der Waals surface area (Å²) < 4.78 is 6.27. The Balaban J connectivity index is 1.41. The average Bonchev–Trinajstić information content (AvgIpc) is 3.35. The van der Waals surface area contributed by atoms with Gasteiger partial charge in [0.05, 0.1) is 5.52 Å². The van der Waals surface area contributed by atoms with E-state index >= 15 is 0 Å². The predicted octanol–water partition coefficient (Wildman–Crippen LogP) is 5.28. The van der Waals surface area contributed by atoms with Gasteiger partial charge in [0.1, 0.15) is 12.4 Å². The quantitative estimate of drug-likeness (QED) is 0.429. The summed E-state index contributed by atoms with van der Waals surface area (Å²) in [5, 5.41) is 15.5. The standard InChI is InChI=1S/C25H21N5O/c1-16-17(2)26-23-10-6-5-9-22(23)24(16)31-15-18-11-13-19(14-12-18)20-7-3-4-8-21(20)25-27-29-30-28-25/h3-14H,15H2,1-2H3,(H,27,28,29,30). The van der Waals surface area contributed by atoms with Gasteiger partial charge in [-0.2, -0.15) is 5.21 Å². The molecule has 6 heteroatoms. The summed E-state index contributed by atoms with van der Waals surface area (Å²) in [4.78, 5) is 4.67. The molecule has 0 radical (unpaired) electrons. The lowest BCUT2D eigenvalue weighted by Crippen LogP contribution is -2.01. The maximum Gasteiger partial charge on any atom is 0.205 e. The molecule has 0 aliphatic carbocycles. The van der Waals surface area contributed by atoms with Crippen molar-refractivity contribution in [2.75, 3.05) is 0 Å². The van der Waals surface area contributed by atoms with Crippen LogP contribution in [0.1, 0.15) is 16.8 Å². The van der Waals surface area contributed by atoms with Gasteiger partial charge in [-0.3, -0.25) is 4.98 Å². The number of nitrogens with one attached hydrogen (secondary N) is 1. The molecule has 0 unspecified atom stereocenters. The number of H-pyrrole nitrogens is 1. The molecule has 6 nitrogen and oxygen atoms in total. The minimum atomic E-state index is 0.487. The molecule has 0 spiro atoms. The molecule has 3 aromatic carbocycles. The summed E-state index contributed by atoms with van der Waals surface area (Å²) in [5.74, 6) is 1.48. The number of para-hydroxylation sites is 1. The highest BCUT2D eigenvalue weighted by Gasteiger charge is 2.12. The third-order valence-corrected chi connectivity index (χ3v) is 5.48. The molecule has 2 heterocycles. The first-order valence-corrected chi connectivity index (χ1v) is 10.1. The molecule has 0 saturated carbocycles. The second-order valence-electron chi connectivity index (χ2n) is 7.44. The van der Waals surface area contributed by atoms with Gasteiger partial charge >= 0.3 is 0 Å². The molecule has 31 heavy (non-hydrogen) atoms. The van der Waals surface area contributed by atoms with Crippen molar-refractivity contribution >= 4 is 10.9 Å². The third-order valence-electron chi connectivity index (χ3n) is 5.48. The van der Waals surface area contributed by atoms with Crippen LogP contribution in [0.2, 0.25) is 0 Å². The highest BCUT2D eigenvalue weighted by molar-refractivity contribution is 5.86. The minimum absolute atomic E-state index is 0.487. The van der Waals surface area contributed by atoms with Gasteiger partial charge in [0.25, 0.3) is 0 Å². The van der Waals surface area contributed by atoms with Crippen LogP contribution in [-0.2, 0) is 6.61 Å². The van der Waals surface area contributed by atoms with Crippen LogP contribution in [0.25, 0.3) is 33.4 Å². The highest BCUT2D eigenvalue weighted by Crippen LogP contribution is 2.32. The van der Waals surface area contributed by atoms with Gasteiger partial charge in [-0.15, -0.1) is 10.2 Å². The van der Waals surface area contributed by atoms with E-state index in [0.717, 1.165) is 50.2 Å². The smallest absolute Gasteiger partial charge is 0.205 e. The monoisotopic (exact) mass is 407 g/mol. The van der Waals surface area contributed by atoms with Crippen molar-refractivity contribution < 1.29 is 4.74 Å². The Morgan fingerprint density at radius 2 is 1.58 bits per heavy atom. The lowest BCUT2D eigenvalue weighted by Gasteiger charge is -2.14. The second-order valence-corrected chi connectivity index (χ2v) is 7.44. The normalized spacial score (nSPS) is 11.0. The van der Waals surface area contributed by atoms with Crippen molar-refractivity contribution in [1.29, 1.82) is 0 Å². The fourth-order valence-electron chi connectivity index (χ4n) is 3.72. The van der Waals surface area contributed by atoms with Crippen molar-refractivity contribution in [2.24, 2.45) is 0 Å². The SMILES string of the molecule is Cc1nc2ccccc2c(OCc2ccc(-c3ccccc3-c3nn[nH]n3)cc2)c1C. The van der Waals surface area contributed by atoms with Gasteiger partial charge in [0, 0.05) is 22.2 Å². The number of aryl methyl sites for hydroxylation is 1. The number of ether oxygens (including phenoxy) is 1. The number of aromatic nitrogens is 5. The van der Waals surface area contributed by atoms with Crippen molar-refractivity contribution in [3.63, 3.8) is 0 Å². The van der Waals surface area contributed by atoms with Crippen LogP contribution in [0.3, 0.4) is 0 Å². The molecular weight excluding hydrogens is 386 g/mol. The maximum atomic E-state index is 6.27. The van der Waals surface area contributed by atoms with Gasteiger partial charge in [-0.1, -0.05) is 60.7 Å². The Morgan fingerprint density at radius 1 is 0.839 bits per heavy atom. The molecule has 152 valence electrons. The fraction of sp³-hybridized carbons (Fsp3) is 0.120. The van der Waals surface area contributed by atoms with E-state index in [4.69, 9.17) is 4.74 Å². The van der Waals surface area contributed by atoms with Gasteiger partial charge in [0.2, 0.25) is 5.82 Å². The molecule has 2 aromatic heterocycles. The maximum absolute atomic E-state index is 6.27. The average molecular weight is 407 g/mol. The third kappa shape index (κ3) is 3.64. The number of hydrogen-bond donors (Lipinski definition) is 1. The van der Waals surface area contributed by atoms with Gasteiger partial charge in [0.15, 0.2) is 0 Å². The first-order chi connectivity index (χ1) is 15.2. The zero-order chi connectivity index (χ0) is 21.2. The number of benzene rings is 3. The van der Waals surface area contributed by atoms with Crippen LogP contribution in [-0.4, -0.2) is 25.6 Å². The number of nitrogens with zero attached hydrogens (tertiary/aromatic N) is 4. The van der Waals surface area contributed by atoms with Crippen LogP contribution in [0.15, 0.2) is 72.8 Å². The van der Waals surface area contributed by atoms with E-state index in [0.29, 0.717) is 12.4 Å². The fourth-order valence-corrected chi connectivity index (χ4v) is 3.72. The van der Waals surface area contributed by atoms with Gasteiger partial charge < -0.3 is 4.74 Å². The summed E-state index contributed by atoms with van der Waals surface area (Å²) in [5.41, 5.74) is 7.20. The molecule has 0 aliphatic rings. The highest BCUT2D eigenvalue weighted by atomic mass is 16.5. The van der Waals surface area contributed by atoms with Crippen LogP contribution in [0.4, 0.5) is 0 Å². The lowest BCUT2D eigenvalue weighted by atomic mass is 9.98. The van der Waals surface area contributed by atoms with E-state index in [1.165, 1.54) is 0 Å². The number of aromatic amines is 1. The van der Waals surface area contributed by atoms with Crippen LogP contribution >= 0.6 is 0 Å². The number of pyridine rings is 1. The van der Waals surface area contributed by atoms with Gasteiger partial charge in [-0.05, 0) is 47.9 Å². The van der Waals surface area contributed by atoms with Crippen molar-refractivity contribution in [2.45, 2.75) is 20.5 Å². The second kappa shape index (κ2) is 7.99. The van der Waals surface area contributed by atoms with Crippen LogP contribution in [0.5, 0.6) is 5.75 Å². The molecule has 0 amide bonds. The van der Waals surface area contributed by atoms with E-state index in [-0.39, 0.29) is 0 Å². The summed E-state index contributed by atoms with van der Waals surface area (Å²) in [6.07, 6.45) is 0.